The van der Waals surface area contributed by atoms with Gasteiger partial charge in [0.05, 0.1) is 17.1 Å². The Morgan fingerprint density at radius 3 is 2.87 bits per heavy atom. The number of anilines is 1. The number of hydrazine groups is 1. The van der Waals surface area contributed by atoms with Crippen LogP contribution in [0.1, 0.15) is 46.5 Å². The van der Waals surface area contributed by atoms with Gasteiger partial charge in [-0.25, -0.2) is 9.37 Å². The second kappa shape index (κ2) is 11.2. The minimum atomic E-state index is -1.10. The third-order valence-electron chi connectivity index (χ3n) is 6.90. The van der Waals surface area contributed by atoms with Gasteiger partial charge in [-0.1, -0.05) is 23.7 Å². The van der Waals surface area contributed by atoms with Crippen LogP contribution in [0.5, 0.6) is 0 Å². The predicted molar refractivity (Wildman–Crippen MR) is 146 cm³/mol. The van der Waals surface area contributed by atoms with E-state index in [4.69, 9.17) is 23.8 Å². The lowest BCUT2D eigenvalue weighted by Crippen LogP contribution is -2.41. The van der Waals surface area contributed by atoms with Crippen molar-refractivity contribution in [1.29, 1.82) is 0 Å². The number of carbonyl (C=O) groups is 1. The van der Waals surface area contributed by atoms with Crippen LogP contribution in [0.3, 0.4) is 0 Å². The van der Waals surface area contributed by atoms with E-state index < -0.39 is 18.3 Å². The zero-order valence-corrected chi connectivity index (χ0v) is 22.1. The van der Waals surface area contributed by atoms with Crippen molar-refractivity contribution < 1.29 is 14.3 Å². The molecular formula is C26H27ClFN7O2S. The zero-order valence-electron chi connectivity index (χ0n) is 20.5. The van der Waals surface area contributed by atoms with E-state index in [1.165, 1.54) is 12.3 Å². The summed E-state index contributed by atoms with van der Waals surface area (Å²) in [6.45, 7) is 0.633. The summed E-state index contributed by atoms with van der Waals surface area (Å²) in [7, 11) is 1.73. The van der Waals surface area contributed by atoms with Crippen LogP contribution in [0.4, 0.5) is 10.2 Å². The molecule has 1 fully saturated rings. The van der Waals surface area contributed by atoms with E-state index in [1.54, 1.807) is 36.5 Å². The van der Waals surface area contributed by atoms with E-state index in [9.17, 15) is 14.3 Å². The lowest BCUT2D eigenvalue weighted by Gasteiger charge is -2.24. The molecule has 3 heterocycles. The number of aliphatic hydroxyl groups excluding tert-OH is 1. The third kappa shape index (κ3) is 5.41. The smallest absolute Gasteiger partial charge is 0.239 e. The van der Waals surface area contributed by atoms with Crippen LogP contribution in [0, 0.1) is 5.82 Å². The van der Waals surface area contributed by atoms with E-state index in [0.717, 1.165) is 16.7 Å². The predicted octanol–water partition coefficient (Wildman–Crippen LogP) is 2.76. The molecule has 1 aromatic carbocycles. The summed E-state index contributed by atoms with van der Waals surface area (Å²) < 4.78 is 14.7. The monoisotopic (exact) mass is 555 g/mol. The second-order valence-electron chi connectivity index (χ2n) is 9.31. The van der Waals surface area contributed by atoms with E-state index in [0.29, 0.717) is 36.9 Å². The number of hydrogen-bond donors (Lipinski definition) is 5. The second-order valence-corrected chi connectivity index (χ2v) is 10.1. The van der Waals surface area contributed by atoms with Crippen molar-refractivity contribution in [3.63, 3.8) is 0 Å². The first-order valence-electron chi connectivity index (χ1n) is 12.2. The summed E-state index contributed by atoms with van der Waals surface area (Å²) in [5, 5.41) is 17.2. The number of fused-ring (bicyclic) bond motifs is 2. The fraction of sp³-hybridized carbons (Fsp3) is 0.308. The molecule has 198 valence electrons. The molecule has 1 aliphatic carbocycles. The van der Waals surface area contributed by atoms with Crippen molar-refractivity contribution in [3.05, 3.63) is 87.6 Å². The zero-order chi connectivity index (χ0) is 26.8. The van der Waals surface area contributed by atoms with Crippen molar-refractivity contribution >= 4 is 40.7 Å². The molecule has 3 aromatic rings. The summed E-state index contributed by atoms with van der Waals surface area (Å²) in [5.74, 6) is -0.0222. The minimum absolute atomic E-state index is 0.0657. The van der Waals surface area contributed by atoms with Gasteiger partial charge in [-0.2, -0.15) is 0 Å². The average molecular weight is 556 g/mol. The number of aliphatic hydroxyl groups is 1. The standard InChI is InChI=1S/C26H27ClFN7O2S/c1-35-10-8-21(25(35)37)31-24(36)15-11-19(27)23(30-12-15)33-34-26(38)32-22-17-3-2-4-20(28)16(17)6-5-14-7-9-29-13-18(14)22/h2-4,7,9,11-13,21-22,24,31,36H,5-6,8,10H2,1H3,(H,30,33)(H2,32,34,38). The van der Waals surface area contributed by atoms with Crippen LogP contribution in [0.15, 0.2) is 48.9 Å². The highest BCUT2D eigenvalue weighted by molar-refractivity contribution is 7.80. The number of pyridine rings is 2. The number of likely N-dealkylation sites (tertiary alicyclic amines) is 1. The Balaban J connectivity index is 1.26. The molecule has 1 amide bonds. The van der Waals surface area contributed by atoms with Gasteiger partial charge in [0.15, 0.2) is 10.9 Å². The maximum absolute atomic E-state index is 14.7. The van der Waals surface area contributed by atoms with Gasteiger partial charge >= 0.3 is 0 Å². The fourth-order valence-electron chi connectivity index (χ4n) is 4.86. The minimum Gasteiger partial charge on any atom is -0.374 e. The van der Waals surface area contributed by atoms with Gasteiger partial charge in [-0.05, 0) is 66.4 Å². The van der Waals surface area contributed by atoms with Crippen LogP contribution in [0.2, 0.25) is 5.02 Å². The number of rotatable bonds is 6. The van der Waals surface area contributed by atoms with Crippen LogP contribution >= 0.6 is 23.8 Å². The molecule has 12 heteroatoms. The summed E-state index contributed by atoms with van der Waals surface area (Å²) in [6, 6.07) is 7.68. The number of aromatic nitrogens is 2. The first-order chi connectivity index (χ1) is 18.3. The highest BCUT2D eigenvalue weighted by Crippen LogP contribution is 2.33. The van der Waals surface area contributed by atoms with E-state index in [2.05, 4.69) is 31.5 Å². The van der Waals surface area contributed by atoms with Crippen molar-refractivity contribution in [2.24, 2.45) is 0 Å². The molecule has 0 bridgehead atoms. The first-order valence-corrected chi connectivity index (χ1v) is 13.0. The van der Waals surface area contributed by atoms with Gasteiger partial charge in [-0.15, -0.1) is 0 Å². The molecule has 5 rings (SSSR count). The van der Waals surface area contributed by atoms with Crippen LogP contribution in [-0.2, 0) is 17.6 Å². The van der Waals surface area contributed by atoms with Gasteiger partial charge in [0.1, 0.15) is 12.0 Å². The lowest BCUT2D eigenvalue weighted by molar-refractivity contribution is -0.129. The molecule has 1 aliphatic heterocycles. The topological polar surface area (TPSA) is 114 Å². The van der Waals surface area contributed by atoms with Crippen LogP contribution in [0.25, 0.3) is 0 Å². The van der Waals surface area contributed by atoms with Crippen LogP contribution in [-0.4, -0.2) is 50.6 Å². The Hall–Kier alpha value is -3.38. The molecule has 0 saturated carbocycles. The molecule has 2 aromatic heterocycles. The third-order valence-corrected chi connectivity index (χ3v) is 7.41. The molecule has 0 spiro atoms. The summed E-state index contributed by atoms with van der Waals surface area (Å²) in [4.78, 5) is 22.3. The van der Waals surface area contributed by atoms with E-state index in [-0.39, 0.29) is 27.7 Å². The number of thiocarbonyl (C=S) groups is 1. The SMILES string of the molecule is CN1CCC(NC(O)c2cnc(NNC(=S)NC3c4cnccc4CCc4c(F)cccc43)c(Cl)c2)C1=O. The largest absolute Gasteiger partial charge is 0.374 e. The molecule has 9 nitrogen and oxygen atoms in total. The maximum atomic E-state index is 14.7. The molecule has 3 atom stereocenters. The number of carbonyl (C=O) groups excluding carboxylic acids is 1. The number of nitrogens with zero attached hydrogens (tertiary/aromatic N) is 3. The Bertz CT molecular complexity index is 1380. The number of aryl methyl sites for hydroxylation is 1. The molecule has 3 unspecified atom stereocenters. The number of hydrogen-bond acceptors (Lipinski definition) is 7. The van der Waals surface area contributed by atoms with Gasteiger partial charge in [0, 0.05) is 43.3 Å². The molecule has 1 saturated heterocycles. The van der Waals surface area contributed by atoms with Crippen molar-refractivity contribution in [2.75, 3.05) is 19.0 Å². The average Bonchev–Trinajstić information content (AvgIpc) is 3.13. The fourth-order valence-corrected chi connectivity index (χ4v) is 5.25. The summed E-state index contributed by atoms with van der Waals surface area (Å²) in [6.07, 6.45) is 5.74. The highest BCUT2D eigenvalue weighted by atomic mass is 35.5. The Labute approximate surface area is 229 Å². The molecule has 0 radical (unpaired) electrons. The first kappa shape index (κ1) is 26.2. The number of benzene rings is 1. The van der Waals surface area contributed by atoms with Crippen molar-refractivity contribution in [1.82, 2.24) is 30.9 Å². The highest BCUT2D eigenvalue weighted by Gasteiger charge is 2.31. The van der Waals surface area contributed by atoms with Crippen molar-refractivity contribution in [3.8, 4) is 0 Å². The lowest BCUT2D eigenvalue weighted by atomic mass is 9.96. The normalized spacial score (nSPS) is 19.3. The summed E-state index contributed by atoms with van der Waals surface area (Å²) in [5.41, 5.74) is 9.63. The molecule has 38 heavy (non-hydrogen) atoms. The number of nitrogens with one attached hydrogen (secondary N) is 4. The number of likely N-dealkylation sites (N-methyl/N-ethyl adjacent to an activating group) is 1. The maximum Gasteiger partial charge on any atom is 0.239 e. The quantitative estimate of drug-likeness (QED) is 0.178. The Morgan fingerprint density at radius 1 is 1.26 bits per heavy atom. The van der Waals surface area contributed by atoms with Gasteiger partial charge in [0.2, 0.25) is 5.91 Å². The van der Waals surface area contributed by atoms with E-state index >= 15 is 0 Å². The van der Waals surface area contributed by atoms with Gasteiger partial charge in [-0.3, -0.25) is 25.9 Å². The molecule has 2 aliphatic rings. The van der Waals surface area contributed by atoms with Crippen molar-refractivity contribution in [2.45, 2.75) is 37.6 Å². The van der Waals surface area contributed by atoms with Gasteiger partial charge in [0.25, 0.3) is 0 Å². The molecular weight excluding hydrogens is 529 g/mol. The van der Waals surface area contributed by atoms with Crippen LogP contribution < -0.4 is 21.5 Å². The Kier molecular flexibility index (Phi) is 7.70. The van der Waals surface area contributed by atoms with Gasteiger partial charge < -0.3 is 15.3 Å². The summed E-state index contributed by atoms with van der Waals surface area (Å²) >= 11 is 11.9. The Morgan fingerprint density at radius 2 is 2.11 bits per heavy atom. The number of halogens is 2. The number of amides is 1. The molecule has 5 N–H and O–H groups in total. The van der Waals surface area contributed by atoms with E-state index in [1.807, 2.05) is 12.1 Å².